The van der Waals surface area contributed by atoms with Crippen LogP contribution in [0.3, 0.4) is 0 Å². The van der Waals surface area contributed by atoms with Crippen LogP contribution in [-0.4, -0.2) is 54.7 Å². The van der Waals surface area contributed by atoms with E-state index in [-0.39, 0.29) is 12.0 Å². The molecule has 19 heavy (non-hydrogen) atoms. The fourth-order valence-electron chi connectivity index (χ4n) is 2.68. The Hall–Kier alpha value is -0.650. The second kappa shape index (κ2) is 6.20. The molecule has 0 aromatic carbocycles. The maximum Gasteiger partial charge on any atom is 0.239 e. The van der Waals surface area contributed by atoms with Crippen LogP contribution >= 0.6 is 0 Å². The highest BCUT2D eigenvalue weighted by atomic mass is 16.5. The Bertz CT molecular complexity index is 316. The Morgan fingerprint density at radius 2 is 2.26 bits per heavy atom. The Balaban J connectivity index is 1.73. The average Bonchev–Trinajstić information content (AvgIpc) is 3.20. The number of nitrogens with one attached hydrogen (secondary N) is 1. The lowest BCUT2D eigenvalue weighted by molar-refractivity contribution is -0.127. The lowest BCUT2D eigenvalue weighted by Crippen LogP contribution is -2.55. The summed E-state index contributed by atoms with van der Waals surface area (Å²) in [7, 11) is 0. The lowest BCUT2D eigenvalue weighted by atomic mass is 9.96. The predicted molar refractivity (Wildman–Crippen MR) is 74.8 cm³/mol. The first-order valence-electron chi connectivity index (χ1n) is 7.46. The molecule has 2 atom stereocenters. The van der Waals surface area contributed by atoms with E-state index >= 15 is 0 Å². The van der Waals surface area contributed by atoms with Gasteiger partial charge < -0.3 is 15.8 Å². The summed E-state index contributed by atoms with van der Waals surface area (Å²) >= 11 is 0. The van der Waals surface area contributed by atoms with Crippen molar-refractivity contribution in [3.63, 3.8) is 0 Å². The van der Waals surface area contributed by atoms with Crippen molar-refractivity contribution in [1.82, 2.24) is 10.2 Å². The SMILES string of the molecule is CCCC(C)(N)C(=O)NCC1CN(C2CC2)CCO1. The second-order valence-corrected chi connectivity index (χ2v) is 6.10. The highest BCUT2D eigenvalue weighted by Gasteiger charge is 2.33. The van der Waals surface area contributed by atoms with Gasteiger partial charge in [0.2, 0.25) is 5.91 Å². The van der Waals surface area contributed by atoms with Gasteiger partial charge in [0.15, 0.2) is 0 Å². The van der Waals surface area contributed by atoms with Crippen molar-refractivity contribution in [1.29, 1.82) is 0 Å². The fourth-order valence-corrected chi connectivity index (χ4v) is 2.68. The Morgan fingerprint density at radius 1 is 1.53 bits per heavy atom. The van der Waals surface area contributed by atoms with Gasteiger partial charge in [-0.25, -0.2) is 0 Å². The van der Waals surface area contributed by atoms with E-state index in [9.17, 15) is 4.79 Å². The topological polar surface area (TPSA) is 67.6 Å². The quantitative estimate of drug-likeness (QED) is 0.736. The van der Waals surface area contributed by atoms with Crippen LogP contribution in [0.2, 0.25) is 0 Å². The zero-order valence-electron chi connectivity index (χ0n) is 12.2. The Labute approximate surface area is 115 Å². The summed E-state index contributed by atoms with van der Waals surface area (Å²) in [6.07, 6.45) is 4.36. The molecule has 1 heterocycles. The fraction of sp³-hybridized carbons (Fsp3) is 0.929. The number of carbonyl (C=O) groups excluding carboxylic acids is 1. The first-order chi connectivity index (χ1) is 9.03. The van der Waals surface area contributed by atoms with Crippen molar-refractivity contribution in [3.8, 4) is 0 Å². The van der Waals surface area contributed by atoms with Gasteiger partial charge in [-0.15, -0.1) is 0 Å². The van der Waals surface area contributed by atoms with Gasteiger partial charge in [-0.2, -0.15) is 0 Å². The van der Waals surface area contributed by atoms with E-state index in [0.717, 1.165) is 32.2 Å². The molecule has 1 amide bonds. The third-order valence-corrected chi connectivity index (χ3v) is 4.01. The molecule has 2 aliphatic rings. The zero-order chi connectivity index (χ0) is 13.9. The largest absolute Gasteiger partial charge is 0.374 e. The number of carbonyl (C=O) groups is 1. The molecule has 0 spiro atoms. The van der Waals surface area contributed by atoms with Gasteiger partial charge in [-0.1, -0.05) is 13.3 Å². The number of ether oxygens (including phenoxy) is 1. The molecule has 2 unspecified atom stereocenters. The highest BCUT2D eigenvalue weighted by Crippen LogP contribution is 2.28. The summed E-state index contributed by atoms with van der Waals surface area (Å²) < 4.78 is 5.71. The van der Waals surface area contributed by atoms with Gasteiger partial charge in [0, 0.05) is 25.7 Å². The van der Waals surface area contributed by atoms with E-state index in [1.165, 1.54) is 12.8 Å². The molecule has 0 bridgehead atoms. The van der Waals surface area contributed by atoms with Crippen molar-refractivity contribution < 1.29 is 9.53 Å². The molecule has 0 aromatic rings. The molecular formula is C14H27N3O2. The molecule has 1 saturated carbocycles. The third kappa shape index (κ3) is 4.16. The van der Waals surface area contributed by atoms with Gasteiger partial charge in [-0.3, -0.25) is 9.69 Å². The predicted octanol–water partition coefficient (Wildman–Crippen LogP) is 0.483. The average molecular weight is 269 g/mol. The molecule has 2 fully saturated rings. The van der Waals surface area contributed by atoms with Crippen LogP contribution in [0.4, 0.5) is 0 Å². The lowest BCUT2D eigenvalue weighted by Gasteiger charge is -2.33. The van der Waals surface area contributed by atoms with Crippen molar-refractivity contribution in [2.45, 2.75) is 57.2 Å². The summed E-state index contributed by atoms with van der Waals surface area (Å²) in [5, 5.41) is 2.94. The number of nitrogens with zero attached hydrogens (tertiary/aromatic N) is 1. The molecule has 5 heteroatoms. The first-order valence-corrected chi connectivity index (χ1v) is 7.46. The van der Waals surface area contributed by atoms with E-state index in [4.69, 9.17) is 10.5 Å². The summed E-state index contributed by atoms with van der Waals surface area (Å²) in [5.74, 6) is -0.0681. The summed E-state index contributed by atoms with van der Waals surface area (Å²) in [4.78, 5) is 14.5. The molecule has 0 aromatic heterocycles. The molecule has 1 aliphatic carbocycles. The molecule has 5 nitrogen and oxygen atoms in total. The minimum Gasteiger partial charge on any atom is -0.374 e. The molecule has 1 aliphatic heterocycles. The summed E-state index contributed by atoms with van der Waals surface area (Å²) in [6, 6.07) is 0.766. The van der Waals surface area contributed by atoms with Crippen molar-refractivity contribution in [2.75, 3.05) is 26.2 Å². The van der Waals surface area contributed by atoms with E-state index in [1.54, 1.807) is 6.92 Å². The maximum atomic E-state index is 12.0. The molecule has 3 N–H and O–H groups in total. The smallest absolute Gasteiger partial charge is 0.239 e. The van der Waals surface area contributed by atoms with E-state index < -0.39 is 5.54 Å². The van der Waals surface area contributed by atoms with Crippen molar-refractivity contribution in [3.05, 3.63) is 0 Å². The molecule has 0 radical (unpaired) electrons. The zero-order valence-corrected chi connectivity index (χ0v) is 12.2. The standard InChI is InChI=1S/C14H27N3O2/c1-3-6-14(2,15)13(18)16-9-12-10-17(7-8-19-12)11-4-5-11/h11-12H,3-10,15H2,1-2H3,(H,16,18). The number of hydrogen-bond donors (Lipinski definition) is 2. The van der Waals surface area contributed by atoms with E-state index in [1.807, 2.05) is 6.92 Å². The normalized spacial score (nSPS) is 27.8. The Morgan fingerprint density at radius 3 is 2.89 bits per heavy atom. The minimum absolute atomic E-state index is 0.0681. The van der Waals surface area contributed by atoms with Gasteiger partial charge in [0.1, 0.15) is 0 Å². The summed E-state index contributed by atoms with van der Waals surface area (Å²) in [6.45, 7) is 7.13. The summed E-state index contributed by atoms with van der Waals surface area (Å²) in [5.41, 5.74) is 5.24. The van der Waals surface area contributed by atoms with Gasteiger partial charge in [0.25, 0.3) is 0 Å². The third-order valence-electron chi connectivity index (χ3n) is 4.01. The number of amides is 1. The highest BCUT2D eigenvalue weighted by molar-refractivity contribution is 5.85. The van der Waals surface area contributed by atoms with Crippen LogP contribution < -0.4 is 11.1 Å². The monoisotopic (exact) mass is 269 g/mol. The van der Waals surface area contributed by atoms with Crippen LogP contribution in [-0.2, 0) is 9.53 Å². The number of morpholine rings is 1. The second-order valence-electron chi connectivity index (χ2n) is 6.10. The van der Waals surface area contributed by atoms with Crippen molar-refractivity contribution in [2.24, 2.45) is 5.73 Å². The van der Waals surface area contributed by atoms with Gasteiger partial charge in [0.05, 0.1) is 18.2 Å². The first kappa shape index (κ1) is 14.8. The molecular weight excluding hydrogens is 242 g/mol. The van der Waals surface area contributed by atoms with Gasteiger partial charge >= 0.3 is 0 Å². The van der Waals surface area contributed by atoms with Crippen LogP contribution in [0.15, 0.2) is 0 Å². The van der Waals surface area contributed by atoms with E-state index in [0.29, 0.717) is 13.0 Å². The number of hydrogen-bond acceptors (Lipinski definition) is 4. The minimum atomic E-state index is -0.764. The molecule has 1 saturated heterocycles. The van der Waals surface area contributed by atoms with Crippen LogP contribution in [0, 0.1) is 0 Å². The van der Waals surface area contributed by atoms with Crippen LogP contribution in [0.5, 0.6) is 0 Å². The van der Waals surface area contributed by atoms with Crippen molar-refractivity contribution >= 4 is 5.91 Å². The molecule has 2 rings (SSSR count). The maximum absolute atomic E-state index is 12.0. The van der Waals surface area contributed by atoms with E-state index in [2.05, 4.69) is 10.2 Å². The number of rotatable bonds is 6. The van der Waals surface area contributed by atoms with Crippen LogP contribution in [0.1, 0.15) is 39.5 Å². The van der Waals surface area contributed by atoms with Gasteiger partial charge in [-0.05, 0) is 26.2 Å². The Kier molecular flexibility index (Phi) is 4.81. The number of nitrogens with two attached hydrogens (primary N) is 1. The van der Waals surface area contributed by atoms with Crippen LogP contribution in [0.25, 0.3) is 0 Å². The molecule has 110 valence electrons.